The van der Waals surface area contributed by atoms with Crippen molar-refractivity contribution in [2.75, 3.05) is 30.9 Å². The number of nitrogens with zero attached hydrogens (tertiary/aromatic N) is 3. The zero-order chi connectivity index (χ0) is 31.2. The van der Waals surface area contributed by atoms with Crippen LogP contribution in [0.25, 0.3) is 0 Å². The van der Waals surface area contributed by atoms with Crippen molar-refractivity contribution in [1.29, 1.82) is 0 Å². The summed E-state index contributed by atoms with van der Waals surface area (Å²) in [5.41, 5.74) is 2.44. The molecule has 4 N–H and O–H groups in total. The number of nitrogens with one attached hydrogen (secondary N) is 1. The third-order valence-electron chi connectivity index (χ3n) is 8.46. The van der Waals surface area contributed by atoms with Crippen LogP contribution in [0.3, 0.4) is 0 Å². The number of benzene rings is 2. The van der Waals surface area contributed by atoms with Crippen molar-refractivity contribution in [2.45, 2.75) is 50.3 Å². The van der Waals surface area contributed by atoms with E-state index in [0.29, 0.717) is 30.1 Å². The number of carbonyl (C=O) groups excluding carboxylic acids is 2. The van der Waals surface area contributed by atoms with Gasteiger partial charge in [-0.05, 0) is 49.2 Å². The van der Waals surface area contributed by atoms with Crippen LogP contribution in [-0.4, -0.2) is 93.0 Å². The molecule has 3 aliphatic rings. The first-order valence-electron chi connectivity index (χ1n) is 14.2. The van der Waals surface area contributed by atoms with Crippen LogP contribution in [0.1, 0.15) is 36.2 Å². The van der Waals surface area contributed by atoms with Gasteiger partial charge in [0.25, 0.3) is 0 Å². The predicted octanol–water partition coefficient (Wildman–Crippen LogP) is 2.92. The maximum Gasteiger partial charge on any atom is 0.353 e. The number of carboxylic acid groups (broad SMARTS) is 2. The summed E-state index contributed by atoms with van der Waals surface area (Å²) in [6, 6.07) is 13.1. The van der Waals surface area contributed by atoms with Crippen LogP contribution in [0.4, 0.5) is 11.4 Å². The summed E-state index contributed by atoms with van der Waals surface area (Å²) in [7, 11) is 3.91. The fourth-order valence-corrected chi connectivity index (χ4v) is 7.93. The van der Waals surface area contributed by atoms with Crippen LogP contribution in [0, 0.1) is 11.8 Å². The molecule has 0 aliphatic carbocycles. The average Bonchev–Trinajstić information content (AvgIpc) is 3.45. The molecule has 3 aliphatic heterocycles. The Bertz CT molecular complexity index is 1490. The van der Waals surface area contributed by atoms with Gasteiger partial charge in [-0.2, -0.15) is 0 Å². The Kier molecular flexibility index (Phi) is 8.55. The average molecular weight is 609 g/mol. The molecule has 0 radical (unpaired) electrons. The monoisotopic (exact) mass is 608 g/mol. The van der Waals surface area contributed by atoms with Crippen LogP contribution >= 0.6 is 11.8 Å². The van der Waals surface area contributed by atoms with E-state index >= 15 is 0 Å². The van der Waals surface area contributed by atoms with Gasteiger partial charge < -0.3 is 30.4 Å². The topological polar surface area (TPSA) is 151 Å². The largest absolute Gasteiger partial charge is 0.478 e. The second kappa shape index (κ2) is 12.0. The first-order chi connectivity index (χ1) is 20.4. The molecule has 5 rings (SSSR count). The number of anilines is 2. The van der Waals surface area contributed by atoms with E-state index in [1.807, 2.05) is 44.1 Å². The summed E-state index contributed by atoms with van der Waals surface area (Å²) in [5.74, 6) is -3.86. The quantitative estimate of drug-likeness (QED) is 0.297. The summed E-state index contributed by atoms with van der Waals surface area (Å²) >= 11 is 1.39. The van der Waals surface area contributed by atoms with E-state index in [1.54, 1.807) is 19.1 Å². The Labute approximate surface area is 254 Å². The van der Waals surface area contributed by atoms with Gasteiger partial charge in [-0.3, -0.25) is 14.5 Å². The molecule has 228 valence electrons. The highest BCUT2D eigenvalue weighted by Crippen LogP contribution is 2.52. The number of fused-ring (bicyclic) bond motifs is 1. The number of β-lactam (4-membered cyclic amide) rings is 1. The maximum absolute atomic E-state index is 13.7. The standard InChI is InChI=1S/C31H36N4O7S/c1-16-25-24(17(2)36)29(38)35(25)26(31(41)42)27(16)43-22-13-23(28(37)32-20-9-6-8-19(12-20)30(39)40)34(15-22)14-18-7-5-10-21(11-18)33(3)4/h5-12,16-17,22-25,36H,13-15H2,1-4H3,(H,32,37)(H,39,40)(H,41,42)/t16-,17-,22+,23+,24-,25-/m1/s1. The van der Waals surface area contributed by atoms with E-state index in [4.69, 9.17) is 0 Å². The number of likely N-dealkylation sites (tertiary alicyclic amines) is 1. The Hall–Kier alpha value is -3.87. The van der Waals surface area contributed by atoms with Gasteiger partial charge in [0.1, 0.15) is 5.70 Å². The second-order valence-corrected chi connectivity index (χ2v) is 13.0. The van der Waals surface area contributed by atoms with E-state index in [2.05, 4.69) is 16.3 Å². The van der Waals surface area contributed by atoms with Gasteiger partial charge in [0.2, 0.25) is 11.8 Å². The normalized spacial score (nSPS) is 25.7. The molecule has 2 fully saturated rings. The van der Waals surface area contributed by atoms with Gasteiger partial charge in [-0.25, -0.2) is 9.59 Å². The number of rotatable bonds is 10. The molecule has 0 aromatic heterocycles. The Morgan fingerprint density at radius 2 is 1.81 bits per heavy atom. The van der Waals surface area contributed by atoms with E-state index < -0.39 is 36.0 Å². The number of carbonyl (C=O) groups is 4. The molecule has 0 unspecified atom stereocenters. The fraction of sp³-hybridized carbons (Fsp3) is 0.419. The second-order valence-electron chi connectivity index (χ2n) is 11.6. The van der Waals surface area contributed by atoms with Crippen LogP contribution in [0.2, 0.25) is 0 Å². The molecule has 6 atom stereocenters. The van der Waals surface area contributed by atoms with Gasteiger partial charge in [0.15, 0.2) is 0 Å². The molecule has 12 heteroatoms. The first-order valence-corrected chi connectivity index (χ1v) is 15.0. The summed E-state index contributed by atoms with van der Waals surface area (Å²) in [6.45, 7) is 4.40. The SMILES string of the molecule is C[C@@H](O)[C@H]1C(=O)N2C(C(=O)O)=C(S[C@H]3C[C@@H](C(=O)Nc4cccc(C(=O)O)c4)N(Cc4cccc(N(C)C)c4)C3)[C@H](C)[C@H]12. The minimum Gasteiger partial charge on any atom is -0.478 e. The summed E-state index contributed by atoms with van der Waals surface area (Å²) in [5, 5.41) is 32.4. The van der Waals surface area contributed by atoms with Gasteiger partial charge >= 0.3 is 11.9 Å². The number of aliphatic carboxylic acids is 1. The molecular weight excluding hydrogens is 572 g/mol. The number of aromatic carboxylic acids is 1. The van der Waals surface area contributed by atoms with Crippen molar-refractivity contribution >= 4 is 46.9 Å². The van der Waals surface area contributed by atoms with Gasteiger partial charge in [0, 0.05) is 54.6 Å². The predicted molar refractivity (Wildman–Crippen MR) is 163 cm³/mol. The Morgan fingerprint density at radius 1 is 1.09 bits per heavy atom. The van der Waals surface area contributed by atoms with Gasteiger partial charge in [-0.15, -0.1) is 11.8 Å². The van der Waals surface area contributed by atoms with E-state index in [-0.39, 0.29) is 34.2 Å². The van der Waals surface area contributed by atoms with Crippen molar-refractivity contribution in [1.82, 2.24) is 9.80 Å². The molecule has 11 nitrogen and oxygen atoms in total. The number of hydrogen-bond acceptors (Lipinski definition) is 8. The molecular formula is C31H36N4O7S. The molecule has 43 heavy (non-hydrogen) atoms. The number of aliphatic hydroxyl groups excluding tert-OH is 1. The molecule has 0 saturated carbocycles. The zero-order valence-electron chi connectivity index (χ0n) is 24.4. The third-order valence-corrected chi connectivity index (χ3v) is 9.96. The smallest absolute Gasteiger partial charge is 0.353 e. The molecule has 3 heterocycles. The first kappa shape index (κ1) is 30.6. The zero-order valence-corrected chi connectivity index (χ0v) is 25.2. The lowest BCUT2D eigenvalue weighted by Gasteiger charge is -2.46. The van der Waals surface area contributed by atoms with Crippen LogP contribution < -0.4 is 10.2 Å². The van der Waals surface area contributed by atoms with Crippen molar-refractivity contribution < 1.29 is 34.5 Å². The number of carboxylic acids is 2. The van der Waals surface area contributed by atoms with Crippen molar-refractivity contribution in [3.8, 4) is 0 Å². The summed E-state index contributed by atoms with van der Waals surface area (Å²) < 4.78 is 0. The maximum atomic E-state index is 13.7. The Balaban J connectivity index is 1.41. The lowest BCUT2D eigenvalue weighted by Crippen LogP contribution is -2.63. The number of hydrogen-bond donors (Lipinski definition) is 4. The fourth-order valence-electron chi connectivity index (χ4n) is 6.38. The van der Waals surface area contributed by atoms with Crippen LogP contribution in [0.5, 0.6) is 0 Å². The highest BCUT2D eigenvalue weighted by atomic mass is 32.2. The lowest BCUT2D eigenvalue weighted by atomic mass is 9.79. The Morgan fingerprint density at radius 3 is 2.47 bits per heavy atom. The van der Waals surface area contributed by atoms with Crippen LogP contribution in [0.15, 0.2) is 59.1 Å². The summed E-state index contributed by atoms with van der Waals surface area (Å²) in [6.07, 6.45) is -0.465. The number of aliphatic hydroxyl groups is 1. The lowest BCUT2D eigenvalue weighted by molar-refractivity contribution is -0.163. The summed E-state index contributed by atoms with van der Waals surface area (Å²) in [4.78, 5) is 56.2. The molecule has 2 aromatic carbocycles. The van der Waals surface area contributed by atoms with Crippen LogP contribution in [-0.2, 0) is 20.9 Å². The minimum atomic E-state index is -1.18. The third kappa shape index (κ3) is 5.86. The van der Waals surface area contributed by atoms with Crippen molar-refractivity contribution in [3.05, 3.63) is 70.3 Å². The number of thioether (sulfide) groups is 1. The van der Waals surface area contributed by atoms with Gasteiger partial charge in [0.05, 0.1) is 29.7 Å². The van der Waals surface area contributed by atoms with Gasteiger partial charge in [-0.1, -0.05) is 25.1 Å². The molecule has 2 amide bonds. The highest BCUT2D eigenvalue weighted by molar-refractivity contribution is 8.03. The molecule has 2 aromatic rings. The molecule has 0 bridgehead atoms. The molecule has 2 saturated heterocycles. The van der Waals surface area contributed by atoms with Crippen molar-refractivity contribution in [3.63, 3.8) is 0 Å². The number of amides is 2. The van der Waals surface area contributed by atoms with E-state index in [1.165, 1.54) is 28.8 Å². The van der Waals surface area contributed by atoms with E-state index in [0.717, 1.165) is 11.3 Å². The van der Waals surface area contributed by atoms with Crippen molar-refractivity contribution in [2.24, 2.45) is 11.8 Å². The van der Waals surface area contributed by atoms with E-state index in [9.17, 15) is 34.5 Å². The minimum absolute atomic E-state index is 0.0342. The highest BCUT2D eigenvalue weighted by Gasteiger charge is 2.60. The molecule has 0 spiro atoms.